The number of carbonyl (C=O) groups excluding carboxylic acids is 3. The van der Waals surface area contributed by atoms with E-state index in [4.69, 9.17) is 0 Å². The van der Waals surface area contributed by atoms with Crippen molar-refractivity contribution < 1.29 is 23.2 Å². The van der Waals surface area contributed by atoms with Crippen LogP contribution in [-0.4, -0.2) is 54.8 Å². The number of halogens is 2. The van der Waals surface area contributed by atoms with Gasteiger partial charge in [-0.2, -0.15) is 0 Å². The molecule has 1 heterocycles. The van der Waals surface area contributed by atoms with E-state index >= 15 is 0 Å². The lowest BCUT2D eigenvalue weighted by molar-refractivity contribution is -0.142. The molecule has 35 heavy (non-hydrogen) atoms. The van der Waals surface area contributed by atoms with Gasteiger partial charge < -0.3 is 20.9 Å². The number of rotatable bonds is 8. The van der Waals surface area contributed by atoms with Crippen molar-refractivity contribution in [3.05, 3.63) is 53.1 Å². The zero-order valence-electron chi connectivity index (χ0n) is 21.5. The van der Waals surface area contributed by atoms with Crippen molar-refractivity contribution in [2.75, 3.05) is 25.5 Å². The second-order valence-corrected chi connectivity index (χ2v) is 9.99. The lowest BCUT2D eigenvalue weighted by atomic mass is 9.85. The molecule has 7 nitrogen and oxygen atoms in total. The van der Waals surface area contributed by atoms with E-state index in [1.165, 1.54) is 11.0 Å². The Labute approximate surface area is 206 Å². The first-order chi connectivity index (χ1) is 16.3. The molecule has 2 unspecified atom stereocenters. The van der Waals surface area contributed by atoms with Crippen LogP contribution in [0.2, 0.25) is 0 Å². The van der Waals surface area contributed by atoms with Gasteiger partial charge in [0.15, 0.2) is 0 Å². The van der Waals surface area contributed by atoms with Crippen molar-refractivity contribution in [3.63, 3.8) is 0 Å². The van der Waals surface area contributed by atoms with E-state index in [0.717, 1.165) is 17.7 Å². The average molecular weight is 491 g/mol. The summed E-state index contributed by atoms with van der Waals surface area (Å²) in [6.45, 7) is 11.3. The molecule has 1 aliphatic rings. The van der Waals surface area contributed by atoms with Crippen LogP contribution in [0.25, 0.3) is 0 Å². The second-order valence-electron chi connectivity index (χ2n) is 9.99. The van der Waals surface area contributed by atoms with Gasteiger partial charge in [0, 0.05) is 6.54 Å². The second kappa shape index (κ2) is 11.6. The molecule has 2 atom stereocenters. The van der Waals surface area contributed by atoms with Gasteiger partial charge in [-0.15, -0.1) is 0 Å². The number of nitrogens with zero attached hydrogens (tertiary/aromatic N) is 1. The molecule has 0 saturated heterocycles. The lowest BCUT2D eigenvalue weighted by Gasteiger charge is -2.36. The zero-order chi connectivity index (χ0) is 26.5. The van der Waals surface area contributed by atoms with Crippen molar-refractivity contribution >= 4 is 23.4 Å². The summed E-state index contributed by atoms with van der Waals surface area (Å²) in [6, 6.07) is 1.25. The quantitative estimate of drug-likeness (QED) is 0.521. The molecule has 0 bridgehead atoms. The molecule has 0 aromatic heterocycles. The number of carbonyl (C=O) groups is 3. The Hall–Kier alpha value is -3.07. The highest BCUT2D eigenvalue weighted by molar-refractivity contribution is 6.02. The summed E-state index contributed by atoms with van der Waals surface area (Å²) in [7, 11) is 1.62. The predicted octanol–water partition coefficient (Wildman–Crippen LogP) is 3.39. The number of anilines is 1. The molecule has 192 valence electrons. The third-order valence-electron chi connectivity index (χ3n) is 5.86. The molecule has 9 heteroatoms. The fourth-order valence-electron chi connectivity index (χ4n) is 4.09. The van der Waals surface area contributed by atoms with Crippen LogP contribution in [0.4, 0.5) is 14.5 Å². The number of allylic oxidation sites excluding steroid dienone is 1. The summed E-state index contributed by atoms with van der Waals surface area (Å²) in [6.07, 6.45) is 3.50. The maximum absolute atomic E-state index is 14.3. The van der Waals surface area contributed by atoms with Crippen molar-refractivity contribution in [2.24, 2.45) is 11.3 Å². The number of benzene rings is 1. The minimum absolute atomic E-state index is 0.00599. The van der Waals surface area contributed by atoms with Gasteiger partial charge in [0.2, 0.25) is 11.8 Å². The van der Waals surface area contributed by atoms with Crippen molar-refractivity contribution in [3.8, 4) is 0 Å². The van der Waals surface area contributed by atoms with E-state index < -0.39 is 46.6 Å². The Bertz CT molecular complexity index is 1010. The molecule has 3 N–H and O–H groups in total. The fourth-order valence-corrected chi connectivity index (χ4v) is 4.09. The molecule has 0 spiro atoms. The van der Waals surface area contributed by atoms with E-state index in [0.29, 0.717) is 5.57 Å². The highest BCUT2D eigenvalue weighted by Crippen LogP contribution is 2.34. The number of amides is 3. The minimum Gasteiger partial charge on any atom is -0.343 e. The maximum atomic E-state index is 14.3. The van der Waals surface area contributed by atoms with Crippen LogP contribution >= 0.6 is 0 Å². The van der Waals surface area contributed by atoms with Crippen LogP contribution < -0.4 is 16.0 Å². The molecule has 0 aliphatic carbocycles. The van der Waals surface area contributed by atoms with Gasteiger partial charge in [0.05, 0.1) is 6.54 Å². The maximum Gasteiger partial charge on any atom is 0.251 e. The summed E-state index contributed by atoms with van der Waals surface area (Å²) in [5.74, 6) is -3.37. The monoisotopic (exact) mass is 490 g/mol. The van der Waals surface area contributed by atoms with E-state index in [-0.39, 0.29) is 24.9 Å². The molecule has 1 aromatic rings. The number of likely N-dealkylation sites (N-methyl/N-ethyl adjacent to an activating group) is 1. The largest absolute Gasteiger partial charge is 0.343 e. The Balaban J connectivity index is 2.54. The molecular formula is C26H36F2N4O3. The van der Waals surface area contributed by atoms with Gasteiger partial charge >= 0.3 is 0 Å². The summed E-state index contributed by atoms with van der Waals surface area (Å²) in [5.41, 5.74) is 0.220. The summed E-state index contributed by atoms with van der Waals surface area (Å²) in [4.78, 5) is 41.1. The molecule has 0 fully saturated rings. The van der Waals surface area contributed by atoms with Crippen molar-refractivity contribution in [1.82, 2.24) is 15.5 Å². The first-order valence-electron chi connectivity index (χ1n) is 11.7. The van der Waals surface area contributed by atoms with Gasteiger partial charge in [-0.05, 0) is 48.6 Å². The van der Waals surface area contributed by atoms with Gasteiger partial charge in [-0.25, -0.2) is 8.78 Å². The van der Waals surface area contributed by atoms with Gasteiger partial charge in [-0.1, -0.05) is 52.8 Å². The van der Waals surface area contributed by atoms with Crippen LogP contribution in [0.5, 0.6) is 0 Å². The fraction of sp³-hybridized carbons (Fsp3) is 0.500. The molecule has 3 amide bonds. The molecular weight excluding hydrogens is 454 g/mol. The van der Waals surface area contributed by atoms with Crippen LogP contribution in [-0.2, 0) is 14.4 Å². The standard InChI is InChI=1S/C26H36F2N4O3/c1-8-10-16-17(15(2)3)14-32(25(35)23(26(4,5)6)30-20(33)13-29-7)22(16)24(34)31-21-18(27)11-9-12-19(21)28/h8-12,15,22-23,29H,13-14H2,1-7H3,(H,30,33)(H,31,34)/b10-8-. The third-order valence-corrected chi connectivity index (χ3v) is 5.86. The van der Waals surface area contributed by atoms with Crippen LogP contribution in [0.3, 0.4) is 0 Å². The minimum atomic E-state index is -1.12. The Kier molecular flexibility index (Phi) is 9.31. The first-order valence-corrected chi connectivity index (χ1v) is 11.7. The summed E-state index contributed by atoms with van der Waals surface area (Å²) in [5, 5.41) is 7.87. The summed E-state index contributed by atoms with van der Waals surface area (Å²) < 4.78 is 28.6. The molecule has 1 aromatic carbocycles. The number of hydrogen-bond acceptors (Lipinski definition) is 4. The van der Waals surface area contributed by atoms with Gasteiger partial charge in [0.25, 0.3) is 5.91 Å². The average Bonchev–Trinajstić information content (AvgIpc) is 3.13. The normalized spacial score (nSPS) is 17.3. The topological polar surface area (TPSA) is 90.5 Å². The highest BCUT2D eigenvalue weighted by atomic mass is 19.1. The van der Waals surface area contributed by atoms with Crippen LogP contribution in [0.1, 0.15) is 41.5 Å². The van der Waals surface area contributed by atoms with Gasteiger partial charge in [-0.3, -0.25) is 14.4 Å². The lowest BCUT2D eigenvalue weighted by Crippen LogP contribution is -2.58. The predicted molar refractivity (Wildman–Crippen MR) is 132 cm³/mol. The summed E-state index contributed by atoms with van der Waals surface area (Å²) >= 11 is 0. The zero-order valence-corrected chi connectivity index (χ0v) is 21.5. The molecule has 0 radical (unpaired) electrons. The van der Waals surface area contributed by atoms with E-state index in [9.17, 15) is 23.2 Å². The Morgan fingerprint density at radius 1 is 1.17 bits per heavy atom. The van der Waals surface area contributed by atoms with Gasteiger partial charge in [0.1, 0.15) is 29.4 Å². The number of nitrogens with one attached hydrogen (secondary N) is 3. The van der Waals surface area contributed by atoms with E-state index in [2.05, 4.69) is 16.0 Å². The number of para-hydroxylation sites is 1. The smallest absolute Gasteiger partial charge is 0.251 e. The highest BCUT2D eigenvalue weighted by Gasteiger charge is 2.45. The molecule has 1 aliphatic heterocycles. The van der Waals surface area contributed by atoms with E-state index in [1.54, 1.807) is 26.1 Å². The molecule has 0 saturated carbocycles. The van der Waals surface area contributed by atoms with Crippen LogP contribution in [0, 0.1) is 23.0 Å². The number of hydrogen-bond donors (Lipinski definition) is 3. The Morgan fingerprint density at radius 2 is 1.77 bits per heavy atom. The molecule has 2 rings (SSSR count). The first kappa shape index (κ1) is 28.2. The van der Waals surface area contributed by atoms with Crippen LogP contribution in [0.15, 0.2) is 41.5 Å². The van der Waals surface area contributed by atoms with Crippen molar-refractivity contribution in [2.45, 2.75) is 53.6 Å². The van der Waals surface area contributed by atoms with E-state index in [1.807, 2.05) is 34.6 Å². The Morgan fingerprint density at radius 3 is 2.26 bits per heavy atom. The van der Waals surface area contributed by atoms with Crippen molar-refractivity contribution in [1.29, 1.82) is 0 Å². The SMILES string of the molecule is C/C=C\C1=C(C(C)C)CN(C(=O)C(NC(=O)CNC)C(C)(C)C)C1C(=O)Nc1c(F)cccc1F. The third kappa shape index (κ3) is 6.54.